The zero-order valence-corrected chi connectivity index (χ0v) is 18.5. The van der Waals surface area contributed by atoms with Crippen LogP contribution in [0.4, 0.5) is 11.6 Å². The fourth-order valence-corrected chi connectivity index (χ4v) is 3.95. The Morgan fingerprint density at radius 3 is 2.32 bits per heavy atom. The number of aryl methyl sites for hydroxylation is 1. The summed E-state index contributed by atoms with van der Waals surface area (Å²) in [5.41, 5.74) is 5.46. The average Bonchev–Trinajstić information content (AvgIpc) is 2.80. The molecule has 3 aromatic rings. The van der Waals surface area contributed by atoms with Gasteiger partial charge in [-0.25, -0.2) is 9.97 Å². The van der Waals surface area contributed by atoms with Crippen LogP contribution in [0.1, 0.15) is 43.7 Å². The maximum absolute atomic E-state index is 12.9. The zero-order valence-electron chi connectivity index (χ0n) is 18.5. The van der Waals surface area contributed by atoms with Gasteiger partial charge in [-0.3, -0.25) is 4.79 Å². The third-order valence-corrected chi connectivity index (χ3v) is 5.94. The number of aromatic nitrogens is 2. The molecule has 0 bridgehead atoms. The largest absolute Gasteiger partial charge is 0.340 e. The quantitative estimate of drug-likeness (QED) is 0.605. The van der Waals surface area contributed by atoms with Crippen molar-refractivity contribution in [2.45, 2.75) is 39.5 Å². The number of amides is 1. The van der Waals surface area contributed by atoms with Gasteiger partial charge in [0.2, 0.25) is 11.9 Å². The first-order valence-corrected chi connectivity index (χ1v) is 11.0. The number of benzene rings is 2. The van der Waals surface area contributed by atoms with Gasteiger partial charge in [-0.15, -0.1) is 0 Å². The lowest BCUT2D eigenvalue weighted by molar-refractivity contribution is -0.120. The molecule has 31 heavy (non-hydrogen) atoms. The van der Waals surface area contributed by atoms with Gasteiger partial charge in [0.25, 0.3) is 0 Å². The van der Waals surface area contributed by atoms with Crippen LogP contribution in [0.5, 0.6) is 0 Å². The van der Waals surface area contributed by atoms with E-state index >= 15 is 0 Å². The summed E-state index contributed by atoms with van der Waals surface area (Å²) in [5.74, 6) is 1.17. The van der Waals surface area contributed by atoms with E-state index in [-0.39, 0.29) is 11.8 Å². The highest BCUT2D eigenvalue weighted by Gasteiger charge is 2.27. The van der Waals surface area contributed by atoms with Crippen molar-refractivity contribution in [3.8, 4) is 11.1 Å². The number of hydrogen-bond donors (Lipinski definition) is 1. The lowest BCUT2D eigenvalue weighted by atomic mass is 9.97. The Morgan fingerprint density at radius 2 is 1.68 bits per heavy atom. The van der Waals surface area contributed by atoms with E-state index in [4.69, 9.17) is 0 Å². The van der Waals surface area contributed by atoms with Gasteiger partial charge < -0.3 is 10.2 Å². The summed E-state index contributed by atoms with van der Waals surface area (Å²) in [6, 6.07) is 16.5. The van der Waals surface area contributed by atoms with E-state index in [9.17, 15) is 4.79 Å². The van der Waals surface area contributed by atoms with Gasteiger partial charge in [-0.2, -0.15) is 0 Å². The summed E-state index contributed by atoms with van der Waals surface area (Å²) in [6.07, 6.45) is 5.57. The summed E-state index contributed by atoms with van der Waals surface area (Å²) in [4.78, 5) is 24.1. The van der Waals surface area contributed by atoms with E-state index in [1.165, 1.54) is 11.1 Å². The van der Waals surface area contributed by atoms with Crippen molar-refractivity contribution < 1.29 is 4.79 Å². The summed E-state index contributed by atoms with van der Waals surface area (Å²) in [6.45, 7) is 7.92. The highest BCUT2D eigenvalue weighted by Crippen LogP contribution is 2.24. The Hall–Kier alpha value is -3.21. The molecule has 0 radical (unpaired) electrons. The molecule has 0 spiro atoms. The van der Waals surface area contributed by atoms with Gasteiger partial charge >= 0.3 is 0 Å². The van der Waals surface area contributed by atoms with E-state index in [0.717, 1.165) is 36.2 Å². The Kier molecular flexibility index (Phi) is 6.31. The van der Waals surface area contributed by atoms with E-state index in [1.54, 1.807) is 0 Å². The fourth-order valence-electron chi connectivity index (χ4n) is 3.95. The molecule has 5 nitrogen and oxygen atoms in total. The van der Waals surface area contributed by atoms with Crippen LogP contribution in [-0.2, 0) is 4.79 Å². The van der Waals surface area contributed by atoms with Crippen molar-refractivity contribution in [3.05, 3.63) is 72.1 Å². The highest BCUT2D eigenvalue weighted by atomic mass is 16.1. The number of nitrogens with zero attached hydrogens (tertiary/aromatic N) is 3. The standard InChI is InChI=1S/C26H30N4O/c1-18(2)20-10-12-24(13-11-20)29-25(31)22-5-4-14-30(17-22)26-27-15-23(16-28-26)21-8-6-19(3)7-9-21/h6-13,15-16,18,22H,4-5,14,17H2,1-3H3,(H,29,31). The molecule has 5 heteroatoms. The van der Waals surface area contributed by atoms with E-state index < -0.39 is 0 Å². The number of carbonyl (C=O) groups excluding carboxylic acids is 1. The SMILES string of the molecule is Cc1ccc(-c2cnc(N3CCCC(C(=O)Nc4ccc(C(C)C)cc4)C3)nc2)cc1. The first-order chi connectivity index (χ1) is 15.0. The highest BCUT2D eigenvalue weighted by molar-refractivity contribution is 5.93. The molecule has 160 valence electrons. The van der Waals surface area contributed by atoms with E-state index in [1.807, 2.05) is 24.5 Å². The molecular weight excluding hydrogens is 384 g/mol. The first kappa shape index (κ1) is 21.0. The van der Waals surface area contributed by atoms with Gasteiger partial charge in [0, 0.05) is 36.7 Å². The maximum atomic E-state index is 12.9. The predicted molar refractivity (Wildman–Crippen MR) is 126 cm³/mol. The predicted octanol–water partition coefficient (Wildman–Crippen LogP) is 5.43. The number of rotatable bonds is 5. The van der Waals surface area contributed by atoms with E-state index in [2.05, 4.69) is 77.4 Å². The number of nitrogens with one attached hydrogen (secondary N) is 1. The minimum absolute atomic E-state index is 0.0678. The fraction of sp³-hybridized carbons (Fsp3) is 0.346. The van der Waals surface area contributed by atoms with Crippen LogP contribution in [-0.4, -0.2) is 29.0 Å². The topological polar surface area (TPSA) is 58.1 Å². The van der Waals surface area contributed by atoms with Crippen molar-refractivity contribution in [1.82, 2.24) is 9.97 Å². The molecule has 1 aliphatic rings. The number of anilines is 2. The van der Waals surface area contributed by atoms with Crippen LogP contribution in [0.2, 0.25) is 0 Å². The second-order valence-corrected chi connectivity index (χ2v) is 8.69. The molecule has 1 amide bonds. The van der Waals surface area contributed by atoms with Gasteiger partial charge in [-0.05, 0) is 48.9 Å². The molecule has 1 atom stereocenters. The van der Waals surface area contributed by atoms with E-state index in [0.29, 0.717) is 18.4 Å². The second kappa shape index (κ2) is 9.29. The molecular formula is C26H30N4O. The third-order valence-electron chi connectivity index (χ3n) is 5.94. The molecule has 0 aliphatic carbocycles. The minimum atomic E-state index is -0.0705. The molecule has 1 fully saturated rings. The van der Waals surface area contributed by atoms with Crippen LogP contribution in [0.15, 0.2) is 60.9 Å². The van der Waals surface area contributed by atoms with Gasteiger partial charge in [0.15, 0.2) is 0 Å². The Morgan fingerprint density at radius 1 is 1.00 bits per heavy atom. The minimum Gasteiger partial charge on any atom is -0.340 e. The first-order valence-electron chi connectivity index (χ1n) is 11.0. The van der Waals surface area contributed by atoms with Crippen LogP contribution in [0.3, 0.4) is 0 Å². The van der Waals surface area contributed by atoms with Crippen LogP contribution < -0.4 is 10.2 Å². The number of hydrogen-bond acceptors (Lipinski definition) is 4. The normalized spacial score (nSPS) is 16.4. The molecule has 1 saturated heterocycles. The maximum Gasteiger partial charge on any atom is 0.229 e. The Labute approximate surface area is 184 Å². The van der Waals surface area contributed by atoms with Gasteiger partial charge in [-0.1, -0.05) is 55.8 Å². The second-order valence-electron chi connectivity index (χ2n) is 8.69. The number of carbonyl (C=O) groups is 1. The van der Waals surface area contributed by atoms with Gasteiger partial charge in [0.05, 0.1) is 5.92 Å². The monoisotopic (exact) mass is 414 g/mol. The molecule has 4 rings (SSSR count). The van der Waals surface area contributed by atoms with Crippen LogP contribution >= 0.6 is 0 Å². The van der Waals surface area contributed by atoms with Crippen LogP contribution in [0, 0.1) is 12.8 Å². The molecule has 1 unspecified atom stereocenters. The summed E-state index contributed by atoms with van der Waals surface area (Å²) in [7, 11) is 0. The third kappa shape index (κ3) is 5.10. The Bertz CT molecular complexity index is 1010. The zero-order chi connectivity index (χ0) is 21.8. The molecule has 1 N–H and O–H groups in total. The average molecular weight is 415 g/mol. The smallest absolute Gasteiger partial charge is 0.229 e. The molecule has 2 heterocycles. The summed E-state index contributed by atoms with van der Waals surface area (Å²) >= 11 is 0. The molecule has 0 saturated carbocycles. The Balaban J connectivity index is 1.39. The van der Waals surface area contributed by atoms with Gasteiger partial charge in [0.1, 0.15) is 0 Å². The number of piperidine rings is 1. The lowest BCUT2D eigenvalue weighted by Crippen LogP contribution is -2.41. The molecule has 1 aromatic heterocycles. The van der Waals surface area contributed by atoms with Crippen molar-refractivity contribution in [2.24, 2.45) is 5.92 Å². The van der Waals surface area contributed by atoms with Crippen LogP contribution in [0.25, 0.3) is 11.1 Å². The summed E-state index contributed by atoms with van der Waals surface area (Å²) < 4.78 is 0. The van der Waals surface area contributed by atoms with Crippen molar-refractivity contribution in [2.75, 3.05) is 23.3 Å². The molecule has 2 aromatic carbocycles. The lowest BCUT2D eigenvalue weighted by Gasteiger charge is -2.32. The van der Waals surface area contributed by atoms with Crippen molar-refractivity contribution in [3.63, 3.8) is 0 Å². The van der Waals surface area contributed by atoms with Crippen molar-refractivity contribution >= 4 is 17.5 Å². The molecule has 1 aliphatic heterocycles. The van der Waals surface area contributed by atoms with Crippen molar-refractivity contribution in [1.29, 1.82) is 0 Å². The summed E-state index contributed by atoms with van der Waals surface area (Å²) in [5, 5.41) is 3.08.